The van der Waals surface area contributed by atoms with E-state index in [4.69, 9.17) is 5.11 Å². The molecule has 0 aliphatic heterocycles. The highest BCUT2D eigenvalue weighted by Crippen LogP contribution is 2.15. The first-order valence-electron chi connectivity index (χ1n) is 3.45. The van der Waals surface area contributed by atoms with Crippen molar-refractivity contribution < 1.29 is 9.90 Å². The third-order valence-corrected chi connectivity index (χ3v) is 2.03. The van der Waals surface area contributed by atoms with Crippen LogP contribution in [0.15, 0.2) is 22.8 Å². The number of nitrogens with zero attached hydrogens (tertiary/aromatic N) is 1. The molecule has 1 N–H and O–H groups in total. The lowest BCUT2D eigenvalue weighted by molar-refractivity contribution is -0.138. The van der Waals surface area contributed by atoms with Crippen LogP contribution in [0.5, 0.6) is 0 Å². The molecule has 1 aromatic rings. The van der Waals surface area contributed by atoms with Crippen LogP contribution >= 0.6 is 15.9 Å². The molecule has 1 heterocycles. The summed E-state index contributed by atoms with van der Waals surface area (Å²) in [6.45, 7) is 1.61. The van der Waals surface area contributed by atoms with Crippen LogP contribution < -0.4 is 0 Å². The van der Waals surface area contributed by atoms with E-state index in [0.717, 1.165) is 4.47 Å². The number of carboxylic acids is 1. The maximum Gasteiger partial charge on any atom is 0.312 e. The molecule has 1 aromatic heterocycles. The van der Waals surface area contributed by atoms with E-state index in [1.165, 1.54) is 0 Å². The predicted octanol–water partition coefficient (Wildman–Crippen LogP) is 2.03. The van der Waals surface area contributed by atoms with Crippen LogP contribution in [-0.4, -0.2) is 16.1 Å². The highest BCUT2D eigenvalue weighted by atomic mass is 79.9. The summed E-state index contributed by atoms with van der Waals surface area (Å²) in [5, 5.41) is 8.65. The molecule has 12 heavy (non-hydrogen) atoms. The zero-order chi connectivity index (χ0) is 9.14. The van der Waals surface area contributed by atoms with Crippen LogP contribution in [-0.2, 0) is 4.79 Å². The van der Waals surface area contributed by atoms with Crippen molar-refractivity contribution in [3.8, 4) is 0 Å². The van der Waals surface area contributed by atoms with Crippen LogP contribution in [0.25, 0.3) is 0 Å². The van der Waals surface area contributed by atoms with Crippen molar-refractivity contribution in [1.82, 2.24) is 4.98 Å². The van der Waals surface area contributed by atoms with E-state index < -0.39 is 11.9 Å². The van der Waals surface area contributed by atoms with E-state index in [0.29, 0.717) is 5.69 Å². The Labute approximate surface area is 78.6 Å². The number of rotatable bonds is 2. The maximum atomic E-state index is 10.5. The quantitative estimate of drug-likeness (QED) is 0.845. The molecule has 0 fully saturated rings. The average Bonchev–Trinajstić information content (AvgIpc) is 2.04. The number of aliphatic carboxylic acids is 1. The second-order valence-corrected chi connectivity index (χ2v) is 3.38. The molecule has 0 radical (unpaired) electrons. The summed E-state index contributed by atoms with van der Waals surface area (Å²) in [6.07, 6.45) is 1.59. The van der Waals surface area contributed by atoms with Gasteiger partial charge in [-0.3, -0.25) is 9.78 Å². The summed E-state index contributed by atoms with van der Waals surface area (Å²) in [5.74, 6) is -1.40. The fourth-order valence-electron chi connectivity index (χ4n) is 0.770. The molecular formula is C8H8BrNO2. The normalized spacial score (nSPS) is 12.5. The highest BCUT2D eigenvalue weighted by molar-refractivity contribution is 9.10. The summed E-state index contributed by atoms with van der Waals surface area (Å²) in [7, 11) is 0. The third-order valence-electron chi connectivity index (χ3n) is 1.56. The van der Waals surface area contributed by atoms with Gasteiger partial charge in [0.05, 0.1) is 11.6 Å². The first-order chi connectivity index (χ1) is 5.61. The van der Waals surface area contributed by atoms with Crippen LogP contribution in [0.3, 0.4) is 0 Å². The predicted molar refractivity (Wildman–Crippen MR) is 48.0 cm³/mol. The molecule has 0 aliphatic carbocycles. The molecule has 4 heteroatoms. The number of halogens is 1. The Balaban J connectivity index is 2.89. The van der Waals surface area contributed by atoms with Crippen molar-refractivity contribution >= 4 is 21.9 Å². The minimum Gasteiger partial charge on any atom is -0.481 e. The number of hydrogen-bond acceptors (Lipinski definition) is 2. The lowest BCUT2D eigenvalue weighted by Crippen LogP contribution is -2.08. The van der Waals surface area contributed by atoms with E-state index >= 15 is 0 Å². The van der Waals surface area contributed by atoms with Gasteiger partial charge in [-0.15, -0.1) is 0 Å². The fraction of sp³-hybridized carbons (Fsp3) is 0.250. The van der Waals surface area contributed by atoms with E-state index in [-0.39, 0.29) is 0 Å². The second-order valence-electron chi connectivity index (χ2n) is 2.46. The van der Waals surface area contributed by atoms with Crippen molar-refractivity contribution in [3.63, 3.8) is 0 Å². The van der Waals surface area contributed by atoms with Gasteiger partial charge in [-0.25, -0.2) is 0 Å². The van der Waals surface area contributed by atoms with E-state index in [1.807, 2.05) is 0 Å². The molecule has 0 aromatic carbocycles. The Morgan fingerprint density at radius 3 is 2.75 bits per heavy atom. The molecule has 0 spiro atoms. The van der Waals surface area contributed by atoms with Crippen molar-refractivity contribution in [3.05, 3.63) is 28.5 Å². The van der Waals surface area contributed by atoms with Gasteiger partial charge >= 0.3 is 5.97 Å². The molecule has 0 amide bonds. The van der Waals surface area contributed by atoms with Gasteiger partial charge in [-0.2, -0.15) is 0 Å². The zero-order valence-electron chi connectivity index (χ0n) is 6.49. The first kappa shape index (κ1) is 9.19. The molecule has 0 aliphatic rings. The van der Waals surface area contributed by atoms with Crippen molar-refractivity contribution in [2.24, 2.45) is 0 Å². The van der Waals surface area contributed by atoms with Crippen LogP contribution in [0.4, 0.5) is 0 Å². The van der Waals surface area contributed by atoms with Gasteiger partial charge in [0.15, 0.2) is 0 Å². The Kier molecular flexibility index (Phi) is 2.81. The average molecular weight is 230 g/mol. The molecular weight excluding hydrogens is 222 g/mol. The molecule has 0 bridgehead atoms. The van der Waals surface area contributed by atoms with Crippen molar-refractivity contribution in [2.45, 2.75) is 12.8 Å². The number of pyridine rings is 1. The third kappa shape index (κ3) is 2.04. The Bertz CT molecular complexity index is 284. The topological polar surface area (TPSA) is 50.2 Å². The fourth-order valence-corrected chi connectivity index (χ4v) is 1.00. The standard InChI is InChI=1S/C8H8BrNO2/c1-5(8(11)12)7-3-2-6(9)4-10-7/h2-5H,1H3,(H,11,12). The largest absolute Gasteiger partial charge is 0.481 e. The van der Waals surface area contributed by atoms with Gasteiger partial charge in [-0.1, -0.05) is 0 Å². The van der Waals surface area contributed by atoms with Gasteiger partial charge in [0.25, 0.3) is 0 Å². The van der Waals surface area contributed by atoms with Crippen LogP contribution in [0.1, 0.15) is 18.5 Å². The van der Waals surface area contributed by atoms with Crippen LogP contribution in [0.2, 0.25) is 0 Å². The Hall–Kier alpha value is -0.900. The molecule has 1 rings (SSSR count). The SMILES string of the molecule is CC(C(=O)O)c1ccc(Br)cn1. The molecule has 64 valence electrons. The molecule has 0 saturated carbocycles. The highest BCUT2D eigenvalue weighted by Gasteiger charge is 2.13. The number of carboxylic acid groups (broad SMARTS) is 1. The zero-order valence-corrected chi connectivity index (χ0v) is 8.08. The summed E-state index contributed by atoms with van der Waals surface area (Å²) in [5.41, 5.74) is 0.575. The maximum absolute atomic E-state index is 10.5. The smallest absolute Gasteiger partial charge is 0.312 e. The molecule has 1 atom stereocenters. The first-order valence-corrected chi connectivity index (χ1v) is 4.25. The van der Waals surface area contributed by atoms with E-state index in [2.05, 4.69) is 20.9 Å². The lowest BCUT2D eigenvalue weighted by atomic mass is 10.1. The van der Waals surface area contributed by atoms with E-state index in [9.17, 15) is 4.79 Å². The number of hydrogen-bond donors (Lipinski definition) is 1. The van der Waals surface area contributed by atoms with Gasteiger partial charge in [-0.05, 0) is 35.0 Å². The summed E-state index contributed by atoms with van der Waals surface area (Å²) < 4.78 is 0.851. The van der Waals surface area contributed by atoms with Gasteiger partial charge in [0.2, 0.25) is 0 Å². The molecule has 0 saturated heterocycles. The monoisotopic (exact) mass is 229 g/mol. The minimum absolute atomic E-state index is 0.543. The summed E-state index contributed by atoms with van der Waals surface area (Å²) in [4.78, 5) is 14.5. The van der Waals surface area contributed by atoms with Gasteiger partial charge in [0.1, 0.15) is 0 Å². The van der Waals surface area contributed by atoms with Crippen molar-refractivity contribution in [2.75, 3.05) is 0 Å². The van der Waals surface area contributed by atoms with Gasteiger partial charge in [0, 0.05) is 10.7 Å². The number of aromatic nitrogens is 1. The molecule has 3 nitrogen and oxygen atoms in total. The minimum atomic E-state index is -0.857. The summed E-state index contributed by atoms with van der Waals surface area (Å²) >= 11 is 3.22. The van der Waals surface area contributed by atoms with E-state index in [1.54, 1.807) is 25.3 Å². The molecule has 1 unspecified atom stereocenters. The van der Waals surface area contributed by atoms with Gasteiger partial charge < -0.3 is 5.11 Å². The Morgan fingerprint density at radius 1 is 1.67 bits per heavy atom. The summed E-state index contributed by atoms with van der Waals surface area (Å²) in [6, 6.07) is 3.48. The lowest BCUT2D eigenvalue weighted by Gasteiger charge is -2.03. The van der Waals surface area contributed by atoms with Crippen molar-refractivity contribution in [1.29, 1.82) is 0 Å². The Morgan fingerprint density at radius 2 is 2.33 bits per heavy atom. The van der Waals surface area contributed by atoms with Crippen LogP contribution in [0, 0.1) is 0 Å². The second kappa shape index (κ2) is 3.67. The number of carbonyl (C=O) groups is 1.